The normalized spacial score (nSPS) is 27.7. The van der Waals surface area contributed by atoms with E-state index in [2.05, 4.69) is 41.3 Å². The first-order valence-corrected chi connectivity index (χ1v) is 10.6. The van der Waals surface area contributed by atoms with Gasteiger partial charge < -0.3 is 25.0 Å². The third kappa shape index (κ3) is 8.69. The van der Waals surface area contributed by atoms with Crippen molar-refractivity contribution in [2.45, 2.75) is 52.6 Å². The van der Waals surface area contributed by atoms with Crippen molar-refractivity contribution in [1.29, 1.82) is 0 Å². The van der Waals surface area contributed by atoms with Crippen molar-refractivity contribution in [2.75, 3.05) is 59.1 Å². The van der Waals surface area contributed by atoms with Gasteiger partial charge in [0.05, 0.1) is 12.7 Å². The summed E-state index contributed by atoms with van der Waals surface area (Å²) in [6, 6.07) is 0. The van der Waals surface area contributed by atoms with Gasteiger partial charge in [-0.1, -0.05) is 13.8 Å². The van der Waals surface area contributed by atoms with Gasteiger partial charge >= 0.3 is 0 Å². The van der Waals surface area contributed by atoms with Gasteiger partial charge in [-0.15, -0.1) is 0 Å². The predicted octanol–water partition coefficient (Wildman–Crippen LogP) is 2.11. The van der Waals surface area contributed by atoms with Gasteiger partial charge in [0, 0.05) is 52.5 Å². The first-order chi connectivity index (χ1) is 12.7. The molecule has 2 saturated heterocycles. The smallest absolute Gasteiger partial charge is 0.191 e. The maximum atomic E-state index is 5.70. The van der Waals surface area contributed by atoms with Crippen LogP contribution in [0, 0.1) is 11.8 Å². The second-order valence-electron chi connectivity index (χ2n) is 7.96. The highest BCUT2D eigenvalue weighted by Gasteiger charge is 2.21. The van der Waals surface area contributed by atoms with Crippen LogP contribution in [-0.4, -0.2) is 76.1 Å². The van der Waals surface area contributed by atoms with Crippen molar-refractivity contribution in [3.63, 3.8) is 0 Å². The minimum atomic E-state index is 0.317. The van der Waals surface area contributed by atoms with Crippen molar-refractivity contribution >= 4 is 5.96 Å². The summed E-state index contributed by atoms with van der Waals surface area (Å²) in [4.78, 5) is 7.24. The molecule has 0 bridgehead atoms. The molecule has 2 rings (SSSR count). The van der Waals surface area contributed by atoms with Gasteiger partial charge in [0.2, 0.25) is 0 Å². The Labute approximate surface area is 160 Å². The maximum Gasteiger partial charge on any atom is 0.191 e. The molecule has 0 aliphatic carbocycles. The molecule has 3 atom stereocenters. The molecule has 0 saturated carbocycles. The Kier molecular flexibility index (Phi) is 10.3. The van der Waals surface area contributed by atoms with Gasteiger partial charge in [-0.25, -0.2) is 0 Å². The average molecular weight is 369 g/mol. The van der Waals surface area contributed by atoms with Crippen LogP contribution in [0.4, 0.5) is 0 Å². The molecule has 0 aromatic rings. The third-order valence-electron chi connectivity index (χ3n) is 5.05. The zero-order valence-corrected chi connectivity index (χ0v) is 17.1. The molecule has 0 amide bonds. The number of aliphatic imine (C=N–C) groups is 1. The van der Waals surface area contributed by atoms with E-state index in [1.54, 1.807) is 0 Å². The lowest BCUT2D eigenvalue weighted by molar-refractivity contribution is 0.0171. The average Bonchev–Trinajstić information content (AvgIpc) is 3.10. The van der Waals surface area contributed by atoms with Crippen LogP contribution in [0.15, 0.2) is 4.99 Å². The number of guanidine groups is 1. The Hall–Kier alpha value is -0.850. The zero-order chi connectivity index (χ0) is 18.6. The highest BCUT2D eigenvalue weighted by molar-refractivity contribution is 5.79. The second-order valence-corrected chi connectivity index (χ2v) is 7.96. The van der Waals surface area contributed by atoms with Crippen LogP contribution >= 0.6 is 0 Å². The van der Waals surface area contributed by atoms with E-state index in [0.717, 1.165) is 76.6 Å². The van der Waals surface area contributed by atoms with E-state index in [4.69, 9.17) is 9.47 Å². The summed E-state index contributed by atoms with van der Waals surface area (Å²) in [5, 5.41) is 6.80. The Balaban J connectivity index is 1.56. The van der Waals surface area contributed by atoms with Crippen LogP contribution < -0.4 is 10.6 Å². The van der Waals surface area contributed by atoms with Gasteiger partial charge in [-0.2, -0.15) is 0 Å². The number of rotatable bonds is 10. The number of piperidine rings is 1. The summed E-state index contributed by atoms with van der Waals surface area (Å²) in [6.45, 7) is 15.4. The minimum absolute atomic E-state index is 0.317. The number of hydrogen-bond donors (Lipinski definition) is 2. The van der Waals surface area contributed by atoms with Crippen LogP contribution in [-0.2, 0) is 9.47 Å². The molecule has 2 heterocycles. The Morgan fingerprint density at radius 2 is 2.04 bits per heavy atom. The fourth-order valence-electron chi connectivity index (χ4n) is 4.00. The van der Waals surface area contributed by atoms with E-state index in [1.807, 2.05) is 0 Å². The summed E-state index contributed by atoms with van der Waals surface area (Å²) >= 11 is 0. The molecule has 2 fully saturated rings. The van der Waals surface area contributed by atoms with E-state index < -0.39 is 0 Å². The quantitative estimate of drug-likeness (QED) is 0.351. The number of hydrogen-bond acceptors (Lipinski definition) is 4. The molecule has 6 heteroatoms. The highest BCUT2D eigenvalue weighted by Crippen LogP contribution is 2.20. The van der Waals surface area contributed by atoms with E-state index in [-0.39, 0.29) is 0 Å². The summed E-state index contributed by atoms with van der Waals surface area (Å²) in [5.41, 5.74) is 0. The van der Waals surface area contributed by atoms with Gasteiger partial charge in [-0.3, -0.25) is 4.99 Å². The molecule has 0 spiro atoms. The number of likely N-dealkylation sites (tertiary alicyclic amines) is 1. The molecular formula is C20H40N4O2. The fraction of sp³-hybridized carbons (Fsp3) is 0.950. The monoisotopic (exact) mass is 368 g/mol. The summed E-state index contributed by atoms with van der Waals surface area (Å²) in [5.74, 6) is 2.55. The molecule has 2 aliphatic heterocycles. The SMILES string of the molecule is CCNC(=NCCCOCC1CCCO1)NCCN1CC(C)CC(C)C1. The van der Waals surface area contributed by atoms with E-state index in [1.165, 1.54) is 25.9 Å². The predicted molar refractivity (Wildman–Crippen MR) is 108 cm³/mol. The van der Waals surface area contributed by atoms with Crippen molar-refractivity contribution in [1.82, 2.24) is 15.5 Å². The lowest BCUT2D eigenvalue weighted by atomic mass is 9.92. The molecule has 0 aromatic carbocycles. The summed E-state index contributed by atoms with van der Waals surface area (Å²) in [6.07, 6.45) is 4.94. The lowest BCUT2D eigenvalue weighted by Gasteiger charge is -2.35. The summed E-state index contributed by atoms with van der Waals surface area (Å²) < 4.78 is 11.3. The number of nitrogens with zero attached hydrogens (tertiary/aromatic N) is 2. The molecule has 0 aromatic heterocycles. The minimum Gasteiger partial charge on any atom is -0.379 e. The van der Waals surface area contributed by atoms with E-state index in [0.29, 0.717) is 6.10 Å². The Bertz CT molecular complexity index is 389. The van der Waals surface area contributed by atoms with Crippen LogP contribution in [0.1, 0.15) is 46.5 Å². The van der Waals surface area contributed by atoms with Crippen molar-refractivity contribution in [2.24, 2.45) is 16.8 Å². The van der Waals surface area contributed by atoms with Crippen LogP contribution in [0.25, 0.3) is 0 Å². The molecule has 6 nitrogen and oxygen atoms in total. The highest BCUT2D eigenvalue weighted by atomic mass is 16.5. The first-order valence-electron chi connectivity index (χ1n) is 10.6. The second kappa shape index (κ2) is 12.5. The third-order valence-corrected chi connectivity index (χ3v) is 5.05. The topological polar surface area (TPSA) is 58.1 Å². The van der Waals surface area contributed by atoms with Gasteiger partial charge in [0.25, 0.3) is 0 Å². The van der Waals surface area contributed by atoms with Crippen LogP contribution in [0.2, 0.25) is 0 Å². The Morgan fingerprint density at radius 1 is 1.23 bits per heavy atom. The van der Waals surface area contributed by atoms with Gasteiger partial charge in [-0.05, 0) is 44.4 Å². The molecule has 2 N–H and O–H groups in total. The van der Waals surface area contributed by atoms with Crippen LogP contribution in [0.3, 0.4) is 0 Å². The van der Waals surface area contributed by atoms with E-state index >= 15 is 0 Å². The van der Waals surface area contributed by atoms with Crippen molar-refractivity contribution in [3.05, 3.63) is 0 Å². The molecule has 152 valence electrons. The molecule has 3 unspecified atom stereocenters. The summed E-state index contributed by atoms with van der Waals surface area (Å²) in [7, 11) is 0. The van der Waals surface area contributed by atoms with Crippen molar-refractivity contribution in [3.8, 4) is 0 Å². The largest absolute Gasteiger partial charge is 0.379 e. The van der Waals surface area contributed by atoms with E-state index in [9.17, 15) is 0 Å². The maximum absolute atomic E-state index is 5.70. The van der Waals surface area contributed by atoms with Gasteiger partial charge in [0.1, 0.15) is 0 Å². The Morgan fingerprint density at radius 3 is 2.73 bits per heavy atom. The van der Waals surface area contributed by atoms with Crippen LogP contribution in [0.5, 0.6) is 0 Å². The van der Waals surface area contributed by atoms with Crippen molar-refractivity contribution < 1.29 is 9.47 Å². The lowest BCUT2D eigenvalue weighted by Crippen LogP contribution is -2.45. The first kappa shape index (κ1) is 21.5. The van der Waals surface area contributed by atoms with Gasteiger partial charge in [0.15, 0.2) is 5.96 Å². The standard InChI is InChI=1S/C20H40N4O2/c1-4-21-20(22-8-6-11-25-16-19-7-5-12-26-19)23-9-10-24-14-17(2)13-18(3)15-24/h17-19H,4-16H2,1-3H3,(H2,21,22,23). The molecular weight excluding hydrogens is 328 g/mol. The fourth-order valence-corrected chi connectivity index (χ4v) is 4.00. The molecule has 26 heavy (non-hydrogen) atoms. The number of nitrogens with one attached hydrogen (secondary N) is 2. The molecule has 0 radical (unpaired) electrons. The number of ether oxygens (including phenoxy) is 2. The molecule has 2 aliphatic rings. The zero-order valence-electron chi connectivity index (χ0n) is 17.1.